The number of alkyl halides is 3. The van der Waals surface area contributed by atoms with Crippen LogP contribution in [0, 0.1) is 13.8 Å². The molecule has 0 saturated carbocycles. The van der Waals surface area contributed by atoms with Crippen LogP contribution in [0.2, 0.25) is 0 Å². The molecule has 0 aliphatic carbocycles. The molecule has 0 bridgehead atoms. The van der Waals surface area contributed by atoms with Crippen LogP contribution >= 0.6 is 22.9 Å². The largest absolute Gasteiger partial charge is 0.465 e. The fourth-order valence-corrected chi connectivity index (χ4v) is 4.06. The van der Waals surface area contributed by atoms with Crippen molar-refractivity contribution < 1.29 is 32.6 Å². The number of aryl methyl sites for hydroxylation is 1. The van der Waals surface area contributed by atoms with Gasteiger partial charge in [-0.2, -0.15) is 13.9 Å². The third-order valence-electron chi connectivity index (χ3n) is 4.21. The van der Waals surface area contributed by atoms with Crippen LogP contribution in [0.3, 0.4) is 0 Å². The number of ether oxygens (including phenoxy) is 2. The molecule has 1 amide bonds. The van der Waals surface area contributed by atoms with Crippen molar-refractivity contribution in [2.45, 2.75) is 19.2 Å². The number of carbonyl (C=O) groups is 3. The SMILES string of the molecule is COC(=O)c1sc(NC(=O)c2cc3nc(C)cc(C(F)(F)Cl)n3n2)c(C(=O)OC)c1C. The molecule has 0 atom stereocenters. The maximum absolute atomic E-state index is 13.7. The van der Waals surface area contributed by atoms with Crippen LogP contribution in [-0.4, -0.2) is 46.7 Å². The molecule has 3 aromatic heterocycles. The summed E-state index contributed by atoms with van der Waals surface area (Å²) in [5.74, 6) is -2.31. The number of anilines is 1. The van der Waals surface area contributed by atoms with Crippen molar-refractivity contribution in [2.75, 3.05) is 19.5 Å². The van der Waals surface area contributed by atoms with E-state index in [-0.39, 0.29) is 38.0 Å². The second-order valence-corrected chi connectivity index (χ2v) is 7.77. The van der Waals surface area contributed by atoms with E-state index in [1.807, 2.05) is 0 Å². The fourth-order valence-electron chi connectivity index (χ4n) is 2.82. The highest BCUT2D eigenvalue weighted by atomic mass is 35.5. The molecule has 0 fully saturated rings. The first-order chi connectivity index (χ1) is 14.5. The van der Waals surface area contributed by atoms with E-state index < -0.39 is 28.9 Å². The second kappa shape index (κ2) is 8.19. The first-order valence-electron chi connectivity index (χ1n) is 8.54. The Labute approximate surface area is 182 Å². The normalized spacial score (nSPS) is 11.5. The van der Waals surface area contributed by atoms with Gasteiger partial charge >= 0.3 is 17.3 Å². The summed E-state index contributed by atoms with van der Waals surface area (Å²) in [5.41, 5.74) is -0.472. The van der Waals surface area contributed by atoms with Gasteiger partial charge in [0.2, 0.25) is 0 Å². The van der Waals surface area contributed by atoms with E-state index in [0.717, 1.165) is 29.0 Å². The molecule has 13 heteroatoms. The summed E-state index contributed by atoms with van der Waals surface area (Å²) in [4.78, 5) is 41.1. The molecule has 0 saturated heterocycles. The lowest BCUT2D eigenvalue weighted by Crippen LogP contribution is -2.16. The summed E-state index contributed by atoms with van der Waals surface area (Å²) < 4.78 is 37.6. The predicted molar refractivity (Wildman–Crippen MR) is 107 cm³/mol. The highest BCUT2D eigenvalue weighted by Crippen LogP contribution is 2.35. The highest BCUT2D eigenvalue weighted by Gasteiger charge is 2.33. The number of methoxy groups -OCH3 is 2. The molecule has 0 unspecified atom stereocenters. The number of esters is 2. The van der Waals surface area contributed by atoms with Gasteiger partial charge in [0.05, 0.1) is 19.8 Å². The van der Waals surface area contributed by atoms with E-state index in [1.165, 1.54) is 27.0 Å². The van der Waals surface area contributed by atoms with E-state index in [4.69, 9.17) is 16.3 Å². The van der Waals surface area contributed by atoms with Crippen LogP contribution in [-0.2, 0) is 14.9 Å². The van der Waals surface area contributed by atoms with Gasteiger partial charge in [0.15, 0.2) is 11.3 Å². The minimum atomic E-state index is -3.75. The van der Waals surface area contributed by atoms with Crippen LogP contribution in [0.15, 0.2) is 12.1 Å². The molecule has 31 heavy (non-hydrogen) atoms. The van der Waals surface area contributed by atoms with Crippen molar-refractivity contribution in [3.05, 3.63) is 45.2 Å². The van der Waals surface area contributed by atoms with Crippen molar-refractivity contribution >= 4 is 51.4 Å². The average Bonchev–Trinajstić information content (AvgIpc) is 3.26. The van der Waals surface area contributed by atoms with Gasteiger partial charge in [-0.25, -0.2) is 19.1 Å². The lowest BCUT2D eigenvalue weighted by molar-refractivity contribution is 0.0601. The number of amides is 1. The number of hydrogen-bond acceptors (Lipinski definition) is 8. The van der Waals surface area contributed by atoms with E-state index in [9.17, 15) is 23.2 Å². The fraction of sp³-hybridized carbons (Fsp3) is 0.278. The number of halogens is 3. The minimum Gasteiger partial charge on any atom is -0.465 e. The summed E-state index contributed by atoms with van der Waals surface area (Å²) >= 11 is 5.95. The summed E-state index contributed by atoms with van der Waals surface area (Å²) in [6.07, 6.45) is 0. The Morgan fingerprint density at radius 1 is 1.16 bits per heavy atom. The third-order valence-corrected chi connectivity index (χ3v) is 5.59. The maximum atomic E-state index is 13.7. The van der Waals surface area contributed by atoms with Gasteiger partial charge in [-0.15, -0.1) is 11.3 Å². The highest BCUT2D eigenvalue weighted by molar-refractivity contribution is 7.18. The number of thiophene rings is 1. The molecule has 164 valence electrons. The number of nitrogens with one attached hydrogen (secondary N) is 1. The molecule has 3 aromatic rings. The Balaban J connectivity index is 2.05. The smallest absolute Gasteiger partial charge is 0.364 e. The molecule has 0 aromatic carbocycles. The lowest BCUT2D eigenvalue weighted by Gasteiger charge is -2.10. The van der Waals surface area contributed by atoms with Gasteiger partial charge in [-0.1, -0.05) is 0 Å². The van der Waals surface area contributed by atoms with E-state index in [2.05, 4.69) is 20.1 Å². The van der Waals surface area contributed by atoms with Gasteiger partial charge in [0.25, 0.3) is 5.91 Å². The molecule has 0 radical (unpaired) electrons. The first kappa shape index (κ1) is 22.6. The number of rotatable bonds is 5. The molecule has 0 aliphatic rings. The maximum Gasteiger partial charge on any atom is 0.364 e. The van der Waals surface area contributed by atoms with Crippen molar-refractivity contribution in [1.29, 1.82) is 0 Å². The van der Waals surface area contributed by atoms with Crippen molar-refractivity contribution in [1.82, 2.24) is 14.6 Å². The summed E-state index contributed by atoms with van der Waals surface area (Å²) in [5, 5.41) is 2.60. The Hall–Kier alpha value is -3.12. The predicted octanol–water partition coefficient (Wildman–Crippen LogP) is 3.52. The third kappa shape index (κ3) is 4.21. The molecule has 9 nitrogen and oxygen atoms in total. The van der Waals surface area contributed by atoms with E-state index >= 15 is 0 Å². The van der Waals surface area contributed by atoms with E-state index in [0.29, 0.717) is 0 Å². The Kier molecular flexibility index (Phi) is 5.96. The van der Waals surface area contributed by atoms with Crippen LogP contribution in [0.5, 0.6) is 0 Å². The van der Waals surface area contributed by atoms with Crippen molar-refractivity contribution in [3.63, 3.8) is 0 Å². The van der Waals surface area contributed by atoms with Gasteiger partial charge < -0.3 is 14.8 Å². The zero-order chi connectivity index (χ0) is 23.1. The van der Waals surface area contributed by atoms with Gasteiger partial charge in [-0.3, -0.25) is 4.79 Å². The Bertz CT molecular complexity index is 1220. The minimum absolute atomic E-state index is 0.0128. The van der Waals surface area contributed by atoms with E-state index in [1.54, 1.807) is 0 Å². The molecular formula is C18H15ClF2N4O5S. The Morgan fingerprint density at radius 3 is 2.39 bits per heavy atom. The number of aromatic nitrogens is 3. The van der Waals surface area contributed by atoms with Crippen molar-refractivity contribution in [3.8, 4) is 0 Å². The van der Waals surface area contributed by atoms with Gasteiger partial charge in [0.1, 0.15) is 15.6 Å². The summed E-state index contributed by atoms with van der Waals surface area (Å²) in [6, 6.07) is 2.24. The first-order valence-corrected chi connectivity index (χ1v) is 9.73. The summed E-state index contributed by atoms with van der Waals surface area (Å²) in [6.45, 7) is 2.99. The Morgan fingerprint density at radius 2 is 1.81 bits per heavy atom. The zero-order valence-electron chi connectivity index (χ0n) is 16.6. The molecule has 3 rings (SSSR count). The number of hydrogen-bond donors (Lipinski definition) is 1. The monoisotopic (exact) mass is 472 g/mol. The van der Waals surface area contributed by atoms with Crippen LogP contribution in [0.25, 0.3) is 5.65 Å². The summed E-state index contributed by atoms with van der Waals surface area (Å²) in [7, 11) is 2.32. The number of carbonyl (C=O) groups excluding carboxylic acids is 3. The molecule has 3 heterocycles. The van der Waals surface area contributed by atoms with Crippen LogP contribution in [0.1, 0.15) is 47.5 Å². The zero-order valence-corrected chi connectivity index (χ0v) is 18.2. The van der Waals surface area contributed by atoms with Crippen LogP contribution in [0.4, 0.5) is 13.8 Å². The average molecular weight is 473 g/mol. The van der Waals surface area contributed by atoms with Gasteiger partial charge in [0, 0.05) is 11.8 Å². The van der Waals surface area contributed by atoms with Gasteiger partial charge in [-0.05, 0) is 37.1 Å². The van der Waals surface area contributed by atoms with Crippen LogP contribution < -0.4 is 5.32 Å². The number of fused-ring (bicyclic) bond motifs is 1. The topological polar surface area (TPSA) is 112 Å². The number of nitrogens with zero attached hydrogens (tertiary/aromatic N) is 3. The quantitative estimate of drug-likeness (QED) is 0.446. The molecular weight excluding hydrogens is 458 g/mol. The molecule has 0 spiro atoms. The molecule has 0 aliphatic heterocycles. The molecule has 1 N–H and O–H groups in total. The van der Waals surface area contributed by atoms with Crippen molar-refractivity contribution in [2.24, 2.45) is 0 Å². The lowest BCUT2D eigenvalue weighted by atomic mass is 10.1. The second-order valence-electron chi connectivity index (χ2n) is 6.28. The standard InChI is InChI=1S/C18H15ClF2N4O5S/c1-7-5-10(18(19,20)21)25-11(22-7)6-9(24-25)14(26)23-15-12(16(27)29-3)8(2)13(31-15)17(28)30-4/h5-6H,1-4H3,(H,23,26).